The third-order valence-electron chi connectivity index (χ3n) is 3.79. The summed E-state index contributed by atoms with van der Waals surface area (Å²) in [7, 11) is 0. The maximum Gasteiger partial charge on any atom is 0.261 e. The first-order valence-electron chi connectivity index (χ1n) is 8.19. The molecular weight excluding hydrogens is 328 g/mol. The van der Waals surface area contributed by atoms with Crippen molar-refractivity contribution in [2.24, 2.45) is 0 Å². The van der Waals surface area contributed by atoms with Gasteiger partial charge in [0.1, 0.15) is 5.75 Å². The van der Waals surface area contributed by atoms with E-state index in [9.17, 15) is 4.79 Å². The van der Waals surface area contributed by atoms with E-state index in [0.717, 1.165) is 11.3 Å². The zero-order valence-electron chi connectivity index (χ0n) is 14.3. The average molecular weight is 346 g/mol. The Morgan fingerprint density at radius 1 is 1.27 bits per heavy atom. The second-order valence-electron chi connectivity index (χ2n) is 5.74. The lowest BCUT2D eigenvalue weighted by atomic mass is 10.2. The zero-order valence-corrected chi connectivity index (χ0v) is 14.3. The third-order valence-corrected chi connectivity index (χ3v) is 3.79. The van der Waals surface area contributed by atoms with Gasteiger partial charge in [-0.1, -0.05) is 18.2 Å². The molecule has 0 bridgehead atoms. The van der Waals surface area contributed by atoms with E-state index in [1.54, 1.807) is 42.1 Å². The second-order valence-corrected chi connectivity index (χ2v) is 5.74. The Balaban J connectivity index is 1.58. The molecule has 6 nitrogen and oxygen atoms in total. The van der Waals surface area contributed by atoms with Crippen molar-refractivity contribution in [1.29, 1.82) is 5.26 Å². The molecule has 1 atom stereocenters. The predicted octanol–water partition coefficient (Wildman–Crippen LogP) is 2.83. The average Bonchev–Trinajstić information content (AvgIpc) is 3.21. The number of rotatable bonds is 6. The molecule has 1 aromatic heterocycles. The van der Waals surface area contributed by atoms with Gasteiger partial charge in [-0.25, -0.2) is 4.68 Å². The van der Waals surface area contributed by atoms with Crippen LogP contribution in [0, 0.1) is 11.3 Å². The first-order chi connectivity index (χ1) is 12.7. The fourth-order valence-corrected chi connectivity index (χ4v) is 2.46. The Bertz CT molecular complexity index is 929. The first kappa shape index (κ1) is 17.2. The molecule has 1 amide bonds. The highest BCUT2D eigenvalue weighted by molar-refractivity contribution is 5.80. The molecule has 0 fully saturated rings. The molecule has 1 N–H and O–H groups in total. The van der Waals surface area contributed by atoms with Crippen LogP contribution in [0.2, 0.25) is 0 Å². The topological polar surface area (TPSA) is 79.9 Å². The summed E-state index contributed by atoms with van der Waals surface area (Å²) >= 11 is 0. The number of aromatic nitrogens is 2. The summed E-state index contributed by atoms with van der Waals surface area (Å²) in [5.74, 6) is 0.268. The Hall–Kier alpha value is -3.59. The summed E-state index contributed by atoms with van der Waals surface area (Å²) in [4.78, 5) is 12.3. The standard InChI is InChI=1S/C20H18N4O2/c1-15(26-19-8-3-5-16(12-19)13-21)20(25)22-14-17-6-2-7-18(11-17)24-10-4-9-23-24/h2-12,15H,14H2,1H3,(H,22,25)/t15-/m1/s1. The van der Waals surface area contributed by atoms with Crippen molar-refractivity contribution in [2.75, 3.05) is 0 Å². The maximum absolute atomic E-state index is 12.3. The number of amides is 1. The molecule has 3 aromatic rings. The minimum atomic E-state index is -0.668. The van der Waals surface area contributed by atoms with Gasteiger partial charge in [-0.05, 0) is 48.9 Å². The van der Waals surface area contributed by atoms with Gasteiger partial charge in [-0.15, -0.1) is 0 Å². The minimum absolute atomic E-state index is 0.225. The normalized spacial score (nSPS) is 11.4. The molecule has 0 saturated carbocycles. The van der Waals surface area contributed by atoms with E-state index in [2.05, 4.69) is 10.4 Å². The monoisotopic (exact) mass is 346 g/mol. The lowest BCUT2D eigenvalue weighted by Crippen LogP contribution is -2.35. The molecule has 26 heavy (non-hydrogen) atoms. The Morgan fingerprint density at radius 3 is 2.88 bits per heavy atom. The number of nitrogens with one attached hydrogen (secondary N) is 1. The fraction of sp³-hybridized carbons (Fsp3) is 0.150. The van der Waals surface area contributed by atoms with Gasteiger partial charge in [0.15, 0.2) is 6.10 Å². The van der Waals surface area contributed by atoms with Gasteiger partial charge in [-0.3, -0.25) is 4.79 Å². The third kappa shape index (κ3) is 4.28. The Morgan fingerprint density at radius 2 is 2.12 bits per heavy atom. The fourth-order valence-electron chi connectivity index (χ4n) is 2.46. The summed E-state index contributed by atoms with van der Waals surface area (Å²) in [5.41, 5.74) is 2.38. The van der Waals surface area contributed by atoms with Gasteiger partial charge >= 0.3 is 0 Å². The molecule has 0 aliphatic rings. The number of nitriles is 1. The van der Waals surface area contributed by atoms with Gasteiger partial charge in [-0.2, -0.15) is 10.4 Å². The molecule has 0 aliphatic carbocycles. The highest BCUT2D eigenvalue weighted by atomic mass is 16.5. The quantitative estimate of drug-likeness (QED) is 0.744. The van der Waals surface area contributed by atoms with Crippen molar-refractivity contribution < 1.29 is 9.53 Å². The van der Waals surface area contributed by atoms with Gasteiger partial charge in [0.25, 0.3) is 5.91 Å². The van der Waals surface area contributed by atoms with Crippen LogP contribution < -0.4 is 10.1 Å². The van der Waals surface area contributed by atoms with Crippen molar-refractivity contribution in [3.05, 3.63) is 78.1 Å². The van der Waals surface area contributed by atoms with Gasteiger partial charge in [0.2, 0.25) is 0 Å². The number of hydrogen-bond donors (Lipinski definition) is 1. The van der Waals surface area contributed by atoms with E-state index >= 15 is 0 Å². The number of carbonyl (C=O) groups excluding carboxylic acids is 1. The molecule has 1 heterocycles. The van der Waals surface area contributed by atoms with Crippen molar-refractivity contribution >= 4 is 5.91 Å². The van der Waals surface area contributed by atoms with Crippen LogP contribution in [0.3, 0.4) is 0 Å². The summed E-state index contributed by atoms with van der Waals surface area (Å²) in [6.07, 6.45) is 2.91. The lowest BCUT2D eigenvalue weighted by molar-refractivity contribution is -0.127. The molecule has 130 valence electrons. The van der Waals surface area contributed by atoms with E-state index < -0.39 is 6.10 Å². The van der Waals surface area contributed by atoms with Crippen LogP contribution in [0.4, 0.5) is 0 Å². The van der Waals surface area contributed by atoms with Crippen molar-refractivity contribution in [3.63, 3.8) is 0 Å². The molecule has 0 spiro atoms. The summed E-state index contributed by atoms with van der Waals surface area (Å²) in [6, 6.07) is 18.4. The molecule has 3 rings (SSSR count). The number of hydrogen-bond acceptors (Lipinski definition) is 4. The zero-order chi connectivity index (χ0) is 18.4. The van der Waals surface area contributed by atoms with E-state index in [4.69, 9.17) is 10.00 Å². The predicted molar refractivity (Wildman–Crippen MR) is 96.7 cm³/mol. The molecule has 6 heteroatoms. The Labute approximate surface area is 151 Å². The number of ether oxygens (including phenoxy) is 1. The van der Waals surface area contributed by atoms with Crippen LogP contribution in [0.5, 0.6) is 5.75 Å². The van der Waals surface area contributed by atoms with Crippen LogP contribution in [0.25, 0.3) is 5.69 Å². The van der Waals surface area contributed by atoms with Crippen LogP contribution in [0.1, 0.15) is 18.1 Å². The molecule has 0 saturated heterocycles. The molecule has 2 aromatic carbocycles. The van der Waals surface area contributed by atoms with E-state index in [-0.39, 0.29) is 5.91 Å². The van der Waals surface area contributed by atoms with Crippen molar-refractivity contribution in [3.8, 4) is 17.5 Å². The van der Waals surface area contributed by atoms with Gasteiger partial charge in [0, 0.05) is 18.9 Å². The highest BCUT2D eigenvalue weighted by Gasteiger charge is 2.14. The van der Waals surface area contributed by atoms with Crippen molar-refractivity contribution in [2.45, 2.75) is 19.6 Å². The van der Waals surface area contributed by atoms with Crippen molar-refractivity contribution in [1.82, 2.24) is 15.1 Å². The maximum atomic E-state index is 12.3. The number of nitrogens with zero attached hydrogens (tertiary/aromatic N) is 3. The highest BCUT2D eigenvalue weighted by Crippen LogP contribution is 2.14. The van der Waals surface area contributed by atoms with E-state index in [0.29, 0.717) is 17.9 Å². The van der Waals surface area contributed by atoms with Gasteiger partial charge in [0.05, 0.1) is 17.3 Å². The SMILES string of the molecule is C[C@@H](Oc1cccc(C#N)c1)C(=O)NCc1cccc(-n2cccn2)c1. The van der Waals surface area contributed by atoms with Gasteiger partial charge < -0.3 is 10.1 Å². The molecule has 0 aliphatic heterocycles. The lowest BCUT2D eigenvalue weighted by Gasteiger charge is -2.15. The van der Waals surface area contributed by atoms with Crippen LogP contribution in [-0.2, 0) is 11.3 Å². The summed E-state index contributed by atoms with van der Waals surface area (Å²) in [5, 5.41) is 16.0. The van der Waals surface area contributed by atoms with Crippen LogP contribution in [-0.4, -0.2) is 21.8 Å². The largest absolute Gasteiger partial charge is 0.481 e. The number of benzene rings is 2. The van der Waals surface area contributed by atoms with E-state index in [1.807, 2.05) is 42.6 Å². The molecule has 0 radical (unpaired) electrons. The summed E-state index contributed by atoms with van der Waals surface area (Å²) < 4.78 is 7.38. The second kappa shape index (κ2) is 7.99. The van der Waals surface area contributed by atoms with Crippen LogP contribution in [0.15, 0.2) is 67.0 Å². The number of carbonyl (C=O) groups is 1. The van der Waals surface area contributed by atoms with E-state index in [1.165, 1.54) is 0 Å². The smallest absolute Gasteiger partial charge is 0.261 e. The minimum Gasteiger partial charge on any atom is -0.481 e. The van der Waals surface area contributed by atoms with Crippen LogP contribution >= 0.6 is 0 Å². The molecule has 0 unspecified atom stereocenters. The Kier molecular flexibility index (Phi) is 5.30. The molecular formula is C20H18N4O2. The first-order valence-corrected chi connectivity index (χ1v) is 8.19. The summed E-state index contributed by atoms with van der Waals surface area (Å²) in [6.45, 7) is 2.06.